The van der Waals surface area contributed by atoms with Crippen LogP contribution in [0.1, 0.15) is 36.2 Å². The smallest absolute Gasteiger partial charge is 0.167 e. The Morgan fingerprint density at radius 1 is 1.50 bits per heavy atom. The second-order valence-electron chi connectivity index (χ2n) is 4.79. The van der Waals surface area contributed by atoms with Gasteiger partial charge in [0, 0.05) is 12.8 Å². The fourth-order valence-corrected chi connectivity index (χ4v) is 2.10. The van der Waals surface area contributed by atoms with Gasteiger partial charge < -0.3 is 10.5 Å². The van der Waals surface area contributed by atoms with E-state index in [1.165, 1.54) is 0 Å². The molecule has 0 bridgehead atoms. The molecule has 1 aliphatic heterocycles. The van der Waals surface area contributed by atoms with Gasteiger partial charge in [-0.25, -0.2) is 0 Å². The summed E-state index contributed by atoms with van der Waals surface area (Å²) in [5, 5.41) is 0. The summed E-state index contributed by atoms with van der Waals surface area (Å²) in [6, 6.07) is 5.74. The summed E-state index contributed by atoms with van der Waals surface area (Å²) in [6.45, 7) is 4.44. The summed E-state index contributed by atoms with van der Waals surface area (Å²) < 4.78 is 5.83. The van der Waals surface area contributed by atoms with Crippen LogP contribution >= 0.6 is 0 Å². The number of ether oxygens (including phenoxy) is 1. The first kappa shape index (κ1) is 11.1. The van der Waals surface area contributed by atoms with Crippen molar-refractivity contribution in [2.24, 2.45) is 5.73 Å². The molecule has 3 heteroatoms. The van der Waals surface area contributed by atoms with Crippen LogP contribution in [0, 0.1) is 0 Å². The molecule has 0 unspecified atom stereocenters. The van der Waals surface area contributed by atoms with Gasteiger partial charge in [-0.15, -0.1) is 0 Å². The van der Waals surface area contributed by atoms with E-state index in [0.717, 1.165) is 17.7 Å². The summed E-state index contributed by atoms with van der Waals surface area (Å²) in [5.74, 6) is 0.822. The Morgan fingerprint density at radius 2 is 2.25 bits per heavy atom. The van der Waals surface area contributed by atoms with Crippen LogP contribution in [0.4, 0.5) is 0 Å². The molecule has 2 rings (SSSR count). The van der Waals surface area contributed by atoms with E-state index in [1.54, 1.807) is 0 Å². The van der Waals surface area contributed by atoms with Crippen LogP contribution in [0.5, 0.6) is 5.75 Å². The minimum atomic E-state index is -0.207. The minimum absolute atomic E-state index is 0.0667. The zero-order valence-corrected chi connectivity index (χ0v) is 9.75. The SMILES string of the molecule is CC1(C)Cc2cccc(C(=O)CCN)c2O1. The van der Waals surface area contributed by atoms with E-state index in [2.05, 4.69) is 0 Å². The van der Waals surface area contributed by atoms with E-state index in [-0.39, 0.29) is 11.4 Å². The van der Waals surface area contributed by atoms with Gasteiger partial charge in [0.2, 0.25) is 0 Å². The highest BCUT2D eigenvalue weighted by molar-refractivity contribution is 5.99. The Bertz CT molecular complexity index is 424. The van der Waals surface area contributed by atoms with Crippen molar-refractivity contribution in [2.45, 2.75) is 32.3 Å². The van der Waals surface area contributed by atoms with Gasteiger partial charge >= 0.3 is 0 Å². The van der Waals surface area contributed by atoms with Gasteiger partial charge in [-0.2, -0.15) is 0 Å². The molecule has 0 aromatic heterocycles. The molecule has 3 nitrogen and oxygen atoms in total. The largest absolute Gasteiger partial charge is 0.486 e. The van der Waals surface area contributed by atoms with Crippen molar-refractivity contribution in [2.75, 3.05) is 6.54 Å². The summed E-state index contributed by atoms with van der Waals surface area (Å²) in [7, 11) is 0. The molecule has 0 saturated heterocycles. The molecule has 86 valence electrons. The maximum Gasteiger partial charge on any atom is 0.167 e. The fourth-order valence-electron chi connectivity index (χ4n) is 2.10. The molecule has 1 aromatic rings. The van der Waals surface area contributed by atoms with Gasteiger partial charge in [0.15, 0.2) is 5.78 Å². The molecule has 0 spiro atoms. The lowest BCUT2D eigenvalue weighted by atomic mass is 9.99. The van der Waals surface area contributed by atoms with Gasteiger partial charge in [-0.3, -0.25) is 4.79 Å². The number of Topliss-reactive ketones (excluding diaryl/α,β-unsaturated/α-hetero) is 1. The predicted molar refractivity (Wildman–Crippen MR) is 62.9 cm³/mol. The monoisotopic (exact) mass is 219 g/mol. The molecule has 0 fully saturated rings. The second-order valence-corrected chi connectivity index (χ2v) is 4.79. The second kappa shape index (κ2) is 3.91. The lowest BCUT2D eigenvalue weighted by molar-refractivity contribution is 0.0971. The number of rotatable bonds is 3. The van der Waals surface area contributed by atoms with Crippen LogP contribution in [0.25, 0.3) is 0 Å². The summed E-state index contributed by atoms with van der Waals surface area (Å²) in [4.78, 5) is 11.9. The summed E-state index contributed by atoms with van der Waals surface area (Å²) in [6.07, 6.45) is 1.23. The first-order valence-electron chi connectivity index (χ1n) is 5.58. The van der Waals surface area contributed by atoms with Gasteiger partial charge in [-0.1, -0.05) is 12.1 Å². The highest BCUT2D eigenvalue weighted by atomic mass is 16.5. The number of hydrogen-bond acceptors (Lipinski definition) is 3. The van der Waals surface area contributed by atoms with Gasteiger partial charge in [-0.05, 0) is 32.0 Å². The zero-order valence-electron chi connectivity index (χ0n) is 9.75. The number of benzene rings is 1. The van der Waals surface area contributed by atoms with E-state index in [9.17, 15) is 4.79 Å². The molecule has 1 heterocycles. The molecule has 2 N–H and O–H groups in total. The Balaban J connectivity index is 2.37. The molecule has 0 atom stereocenters. The molecule has 0 radical (unpaired) electrons. The highest BCUT2D eigenvalue weighted by Gasteiger charge is 2.32. The molecule has 1 aromatic carbocycles. The Kier molecular flexibility index (Phi) is 2.72. The van der Waals surface area contributed by atoms with Crippen molar-refractivity contribution in [3.63, 3.8) is 0 Å². The van der Waals surface area contributed by atoms with Crippen LogP contribution in [-0.2, 0) is 6.42 Å². The van der Waals surface area contributed by atoms with E-state index >= 15 is 0 Å². The number of ketones is 1. The van der Waals surface area contributed by atoms with Crippen LogP contribution in [0.3, 0.4) is 0 Å². The normalized spacial score (nSPS) is 16.7. The molecular weight excluding hydrogens is 202 g/mol. The number of hydrogen-bond donors (Lipinski definition) is 1. The van der Waals surface area contributed by atoms with Gasteiger partial charge in [0.1, 0.15) is 11.4 Å². The van der Waals surface area contributed by atoms with Crippen LogP contribution in [0.2, 0.25) is 0 Å². The quantitative estimate of drug-likeness (QED) is 0.790. The predicted octanol–water partition coefficient (Wildman–Crippen LogP) is 1.93. The van der Waals surface area contributed by atoms with Crippen molar-refractivity contribution in [3.8, 4) is 5.75 Å². The zero-order chi connectivity index (χ0) is 11.8. The fraction of sp³-hybridized carbons (Fsp3) is 0.462. The van der Waals surface area contributed by atoms with Crippen LogP contribution < -0.4 is 10.5 Å². The maximum atomic E-state index is 11.9. The van der Waals surface area contributed by atoms with Crippen LogP contribution in [-0.4, -0.2) is 17.9 Å². The van der Waals surface area contributed by atoms with E-state index in [4.69, 9.17) is 10.5 Å². The molecule has 1 aliphatic rings. The average molecular weight is 219 g/mol. The standard InChI is InChI=1S/C13H17NO2/c1-13(2)8-9-4-3-5-10(12(9)16-13)11(15)6-7-14/h3-5H,6-8,14H2,1-2H3. The number of para-hydroxylation sites is 1. The third-order valence-electron chi connectivity index (χ3n) is 2.76. The summed E-state index contributed by atoms with van der Waals surface area (Å²) in [5.41, 5.74) is 6.99. The van der Waals surface area contributed by atoms with Crippen molar-refractivity contribution >= 4 is 5.78 Å². The average Bonchev–Trinajstić information content (AvgIpc) is 2.51. The molecular formula is C13H17NO2. The maximum absolute atomic E-state index is 11.9. The number of carbonyl (C=O) groups excluding carboxylic acids is 1. The number of fused-ring (bicyclic) bond motifs is 1. The first-order chi connectivity index (χ1) is 7.53. The number of nitrogens with two attached hydrogens (primary N) is 1. The van der Waals surface area contributed by atoms with E-state index in [1.807, 2.05) is 32.0 Å². The Labute approximate surface area is 95.6 Å². The third-order valence-corrected chi connectivity index (χ3v) is 2.76. The van der Waals surface area contributed by atoms with Crippen molar-refractivity contribution in [3.05, 3.63) is 29.3 Å². The molecule has 0 aliphatic carbocycles. The van der Waals surface area contributed by atoms with Crippen molar-refractivity contribution < 1.29 is 9.53 Å². The third kappa shape index (κ3) is 1.95. The number of carbonyl (C=O) groups is 1. The van der Waals surface area contributed by atoms with E-state index < -0.39 is 0 Å². The topological polar surface area (TPSA) is 52.3 Å². The molecule has 0 saturated carbocycles. The van der Waals surface area contributed by atoms with Crippen molar-refractivity contribution in [1.29, 1.82) is 0 Å². The van der Waals surface area contributed by atoms with Gasteiger partial charge in [0.25, 0.3) is 0 Å². The Morgan fingerprint density at radius 3 is 2.94 bits per heavy atom. The minimum Gasteiger partial charge on any atom is -0.486 e. The lowest BCUT2D eigenvalue weighted by Gasteiger charge is -2.17. The Hall–Kier alpha value is -1.35. The lowest BCUT2D eigenvalue weighted by Crippen LogP contribution is -2.25. The van der Waals surface area contributed by atoms with Crippen molar-refractivity contribution in [1.82, 2.24) is 0 Å². The highest BCUT2D eigenvalue weighted by Crippen LogP contribution is 2.37. The molecule has 16 heavy (non-hydrogen) atoms. The van der Waals surface area contributed by atoms with E-state index in [0.29, 0.717) is 18.5 Å². The van der Waals surface area contributed by atoms with Gasteiger partial charge in [0.05, 0.1) is 5.56 Å². The van der Waals surface area contributed by atoms with Crippen LogP contribution in [0.15, 0.2) is 18.2 Å². The summed E-state index contributed by atoms with van der Waals surface area (Å²) >= 11 is 0. The molecule has 0 amide bonds. The first-order valence-corrected chi connectivity index (χ1v) is 5.58.